The lowest BCUT2D eigenvalue weighted by atomic mass is 10.0. The van der Waals surface area contributed by atoms with Crippen LogP contribution in [-0.4, -0.2) is 18.6 Å². The van der Waals surface area contributed by atoms with Crippen LogP contribution in [0.2, 0.25) is 0 Å². The Morgan fingerprint density at radius 3 is 2.50 bits per heavy atom. The Balaban J connectivity index is 1.82. The van der Waals surface area contributed by atoms with E-state index in [0.717, 1.165) is 30.9 Å². The van der Waals surface area contributed by atoms with E-state index in [4.69, 9.17) is 21.1 Å². The molecule has 0 heterocycles. The summed E-state index contributed by atoms with van der Waals surface area (Å²) in [5, 5.41) is 0.343. The molecule has 1 aliphatic rings. The Labute approximate surface area is 114 Å². The lowest BCUT2D eigenvalue weighted by Gasteiger charge is -2.15. The van der Waals surface area contributed by atoms with Gasteiger partial charge in [-0.1, -0.05) is 18.6 Å². The fourth-order valence-electron chi connectivity index (χ4n) is 2.48. The van der Waals surface area contributed by atoms with Gasteiger partial charge in [0.05, 0.1) is 13.2 Å². The molecule has 2 unspecified atom stereocenters. The number of hydrogen-bond acceptors (Lipinski definition) is 2. The second-order valence-corrected chi connectivity index (χ2v) is 5.28. The summed E-state index contributed by atoms with van der Waals surface area (Å²) in [7, 11) is 0. The Kier molecular flexibility index (Phi) is 5.18. The van der Waals surface area contributed by atoms with E-state index in [1.807, 2.05) is 31.2 Å². The van der Waals surface area contributed by atoms with Crippen LogP contribution < -0.4 is 9.47 Å². The van der Waals surface area contributed by atoms with Crippen LogP contribution in [0.15, 0.2) is 24.3 Å². The molecule has 1 fully saturated rings. The molecule has 100 valence electrons. The maximum Gasteiger partial charge on any atom is 0.161 e. The van der Waals surface area contributed by atoms with E-state index in [1.54, 1.807) is 0 Å². The van der Waals surface area contributed by atoms with Gasteiger partial charge in [-0.2, -0.15) is 0 Å². The van der Waals surface area contributed by atoms with Crippen LogP contribution >= 0.6 is 11.6 Å². The Hall–Kier alpha value is -0.890. The van der Waals surface area contributed by atoms with Crippen molar-refractivity contribution in [3.8, 4) is 11.5 Å². The van der Waals surface area contributed by atoms with Crippen LogP contribution in [0.1, 0.15) is 32.6 Å². The van der Waals surface area contributed by atoms with Crippen molar-refractivity contribution in [3.05, 3.63) is 24.3 Å². The summed E-state index contributed by atoms with van der Waals surface area (Å²) in [6, 6.07) is 7.83. The molecule has 2 atom stereocenters. The van der Waals surface area contributed by atoms with Gasteiger partial charge in [-0.15, -0.1) is 11.6 Å². The quantitative estimate of drug-likeness (QED) is 0.718. The van der Waals surface area contributed by atoms with Crippen LogP contribution in [0.5, 0.6) is 11.5 Å². The predicted octanol–water partition coefficient (Wildman–Crippen LogP) is 4.26. The molecule has 1 aromatic carbocycles. The van der Waals surface area contributed by atoms with E-state index in [9.17, 15) is 0 Å². The Morgan fingerprint density at radius 1 is 1.17 bits per heavy atom. The van der Waals surface area contributed by atoms with Crippen molar-refractivity contribution in [3.63, 3.8) is 0 Å². The van der Waals surface area contributed by atoms with Gasteiger partial charge in [0.25, 0.3) is 0 Å². The van der Waals surface area contributed by atoms with E-state index >= 15 is 0 Å². The molecule has 0 radical (unpaired) electrons. The van der Waals surface area contributed by atoms with Gasteiger partial charge in [-0.05, 0) is 44.2 Å². The van der Waals surface area contributed by atoms with Gasteiger partial charge in [0, 0.05) is 5.38 Å². The van der Waals surface area contributed by atoms with E-state index in [-0.39, 0.29) is 0 Å². The summed E-state index contributed by atoms with van der Waals surface area (Å²) in [6.45, 7) is 3.36. The molecule has 0 bridgehead atoms. The first kappa shape index (κ1) is 13.5. The average molecular weight is 269 g/mol. The monoisotopic (exact) mass is 268 g/mol. The second kappa shape index (κ2) is 6.89. The molecule has 0 aromatic heterocycles. The standard InChI is InChI=1S/C15H21ClO2/c1-2-17-14-8-3-4-9-15(14)18-11-10-12-6-5-7-13(12)16/h3-4,8-9,12-13H,2,5-7,10-11H2,1H3. The Morgan fingerprint density at radius 2 is 1.89 bits per heavy atom. The molecular formula is C15H21ClO2. The highest BCUT2D eigenvalue weighted by Crippen LogP contribution is 2.33. The third kappa shape index (κ3) is 3.55. The second-order valence-electron chi connectivity index (χ2n) is 4.72. The first-order valence-corrected chi connectivity index (χ1v) is 7.23. The molecule has 2 nitrogen and oxygen atoms in total. The lowest BCUT2D eigenvalue weighted by Crippen LogP contribution is -2.12. The summed E-state index contributed by atoms with van der Waals surface area (Å²) < 4.78 is 11.3. The number of halogens is 1. The Bertz CT molecular complexity index is 367. The predicted molar refractivity (Wildman–Crippen MR) is 74.7 cm³/mol. The molecule has 1 aliphatic carbocycles. The van der Waals surface area contributed by atoms with Gasteiger partial charge < -0.3 is 9.47 Å². The molecule has 18 heavy (non-hydrogen) atoms. The molecule has 1 saturated carbocycles. The normalized spacial score (nSPS) is 23.0. The van der Waals surface area contributed by atoms with E-state index < -0.39 is 0 Å². The molecule has 0 spiro atoms. The van der Waals surface area contributed by atoms with Crippen molar-refractivity contribution in [2.24, 2.45) is 5.92 Å². The van der Waals surface area contributed by atoms with Crippen LogP contribution in [-0.2, 0) is 0 Å². The van der Waals surface area contributed by atoms with Crippen LogP contribution in [0.3, 0.4) is 0 Å². The van der Waals surface area contributed by atoms with Crippen molar-refractivity contribution in [1.29, 1.82) is 0 Å². The van der Waals surface area contributed by atoms with Crippen LogP contribution in [0, 0.1) is 5.92 Å². The zero-order valence-corrected chi connectivity index (χ0v) is 11.7. The SMILES string of the molecule is CCOc1ccccc1OCCC1CCCC1Cl. The summed E-state index contributed by atoms with van der Waals surface area (Å²) >= 11 is 6.26. The van der Waals surface area contributed by atoms with Gasteiger partial charge in [0.2, 0.25) is 0 Å². The van der Waals surface area contributed by atoms with Crippen molar-refractivity contribution in [2.45, 2.75) is 38.0 Å². The molecule has 0 amide bonds. The third-order valence-corrected chi connectivity index (χ3v) is 4.04. The number of ether oxygens (including phenoxy) is 2. The van der Waals surface area contributed by atoms with Gasteiger partial charge in [0.15, 0.2) is 11.5 Å². The third-order valence-electron chi connectivity index (χ3n) is 3.46. The highest BCUT2D eigenvalue weighted by molar-refractivity contribution is 6.20. The van der Waals surface area contributed by atoms with Crippen molar-refractivity contribution >= 4 is 11.6 Å². The number of rotatable bonds is 6. The van der Waals surface area contributed by atoms with Crippen molar-refractivity contribution < 1.29 is 9.47 Å². The zero-order valence-electron chi connectivity index (χ0n) is 10.9. The molecule has 0 aliphatic heterocycles. The minimum Gasteiger partial charge on any atom is -0.490 e. The minimum absolute atomic E-state index is 0.343. The summed E-state index contributed by atoms with van der Waals surface area (Å²) in [5.74, 6) is 2.28. The first-order valence-electron chi connectivity index (χ1n) is 6.80. The van der Waals surface area contributed by atoms with Gasteiger partial charge >= 0.3 is 0 Å². The van der Waals surface area contributed by atoms with E-state index in [0.29, 0.717) is 17.9 Å². The largest absolute Gasteiger partial charge is 0.490 e. The fraction of sp³-hybridized carbons (Fsp3) is 0.600. The van der Waals surface area contributed by atoms with Crippen LogP contribution in [0.25, 0.3) is 0 Å². The maximum absolute atomic E-state index is 6.26. The molecule has 0 saturated heterocycles. The average Bonchev–Trinajstić information content (AvgIpc) is 2.78. The van der Waals surface area contributed by atoms with Gasteiger partial charge in [0.1, 0.15) is 0 Å². The van der Waals surface area contributed by atoms with Crippen LogP contribution in [0.4, 0.5) is 0 Å². The fourth-order valence-corrected chi connectivity index (χ4v) is 2.89. The maximum atomic E-state index is 6.26. The molecule has 0 N–H and O–H groups in total. The first-order chi connectivity index (χ1) is 8.81. The molecular weight excluding hydrogens is 248 g/mol. The number of para-hydroxylation sites is 2. The summed E-state index contributed by atoms with van der Waals surface area (Å²) in [6.07, 6.45) is 4.69. The number of benzene rings is 1. The summed E-state index contributed by atoms with van der Waals surface area (Å²) in [5.41, 5.74) is 0. The highest BCUT2D eigenvalue weighted by Gasteiger charge is 2.24. The van der Waals surface area contributed by atoms with Gasteiger partial charge in [-0.3, -0.25) is 0 Å². The van der Waals surface area contributed by atoms with Crippen molar-refractivity contribution in [2.75, 3.05) is 13.2 Å². The van der Waals surface area contributed by atoms with E-state index in [2.05, 4.69) is 0 Å². The number of alkyl halides is 1. The lowest BCUT2D eigenvalue weighted by molar-refractivity contribution is 0.256. The van der Waals surface area contributed by atoms with Gasteiger partial charge in [-0.25, -0.2) is 0 Å². The molecule has 2 rings (SSSR count). The molecule has 3 heteroatoms. The molecule has 1 aromatic rings. The minimum atomic E-state index is 0.343. The smallest absolute Gasteiger partial charge is 0.161 e. The summed E-state index contributed by atoms with van der Waals surface area (Å²) in [4.78, 5) is 0. The van der Waals surface area contributed by atoms with E-state index in [1.165, 1.54) is 12.8 Å². The zero-order chi connectivity index (χ0) is 12.8. The van der Waals surface area contributed by atoms with Crippen molar-refractivity contribution in [1.82, 2.24) is 0 Å². The number of hydrogen-bond donors (Lipinski definition) is 0. The highest BCUT2D eigenvalue weighted by atomic mass is 35.5. The topological polar surface area (TPSA) is 18.5 Å².